The van der Waals surface area contributed by atoms with Gasteiger partial charge in [-0.15, -0.1) is 0 Å². The van der Waals surface area contributed by atoms with E-state index in [1.807, 2.05) is 6.92 Å². The van der Waals surface area contributed by atoms with Crippen LogP contribution in [0, 0.1) is 6.92 Å². The van der Waals surface area contributed by atoms with Crippen LogP contribution in [0.5, 0.6) is 5.75 Å². The fraction of sp³-hybridized carbons (Fsp3) is 0.462. The molecule has 1 amide bonds. The number of benzene rings is 1. The van der Waals surface area contributed by atoms with Crippen molar-refractivity contribution < 1.29 is 17.9 Å². The molecule has 0 unspecified atom stereocenters. The highest BCUT2D eigenvalue weighted by atomic mass is 32.2. The Morgan fingerprint density at radius 3 is 2.55 bits per heavy atom. The smallest absolute Gasteiger partial charge is 0.241 e. The molecular weight excluding hydrogens is 280 g/mol. The molecule has 1 aromatic carbocycles. The third kappa shape index (κ3) is 3.94. The van der Waals surface area contributed by atoms with Gasteiger partial charge < -0.3 is 10.1 Å². The summed E-state index contributed by atoms with van der Waals surface area (Å²) in [5.74, 6) is 0.252. The molecule has 0 bridgehead atoms. The van der Waals surface area contributed by atoms with E-state index in [0.717, 1.165) is 5.56 Å². The van der Waals surface area contributed by atoms with E-state index < -0.39 is 22.0 Å². The lowest BCUT2D eigenvalue weighted by atomic mass is 10.2. The van der Waals surface area contributed by atoms with Crippen LogP contribution in [0.1, 0.15) is 19.4 Å². The Morgan fingerprint density at radius 2 is 2.05 bits per heavy atom. The largest absolute Gasteiger partial charge is 0.494 e. The van der Waals surface area contributed by atoms with Crippen molar-refractivity contribution in [3.63, 3.8) is 0 Å². The molecule has 1 rings (SSSR count). The molecule has 0 saturated heterocycles. The first-order valence-electron chi connectivity index (χ1n) is 6.29. The van der Waals surface area contributed by atoms with E-state index >= 15 is 0 Å². The van der Waals surface area contributed by atoms with Crippen LogP contribution < -0.4 is 14.8 Å². The minimum atomic E-state index is -3.74. The van der Waals surface area contributed by atoms with Gasteiger partial charge in [-0.05, 0) is 44.5 Å². The van der Waals surface area contributed by atoms with Gasteiger partial charge in [-0.2, -0.15) is 4.72 Å². The van der Waals surface area contributed by atoms with Gasteiger partial charge in [-0.25, -0.2) is 8.42 Å². The van der Waals surface area contributed by atoms with Crippen LogP contribution in [0.4, 0.5) is 0 Å². The number of rotatable bonds is 6. The van der Waals surface area contributed by atoms with Gasteiger partial charge in [0.15, 0.2) is 0 Å². The average Bonchev–Trinajstić information content (AvgIpc) is 2.39. The van der Waals surface area contributed by atoms with Crippen LogP contribution in [0.2, 0.25) is 0 Å². The van der Waals surface area contributed by atoms with Crippen molar-refractivity contribution in [1.82, 2.24) is 10.0 Å². The van der Waals surface area contributed by atoms with E-state index in [1.54, 1.807) is 13.0 Å². The monoisotopic (exact) mass is 300 g/mol. The maximum atomic E-state index is 12.2. The van der Waals surface area contributed by atoms with Crippen LogP contribution in [-0.2, 0) is 14.8 Å². The first-order valence-corrected chi connectivity index (χ1v) is 7.77. The first-order chi connectivity index (χ1) is 9.31. The highest BCUT2D eigenvalue weighted by Gasteiger charge is 2.21. The molecule has 1 aromatic rings. The van der Waals surface area contributed by atoms with Crippen LogP contribution in [-0.4, -0.2) is 34.0 Å². The van der Waals surface area contributed by atoms with E-state index in [-0.39, 0.29) is 4.90 Å². The predicted molar refractivity (Wildman–Crippen MR) is 76.2 cm³/mol. The zero-order valence-electron chi connectivity index (χ0n) is 12.1. The average molecular weight is 300 g/mol. The fourth-order valence-electron chi connectivity index (χ4n) is 1.68. The summed E-state index contributed by atoms with van der Waals surface area (Å²) in [6.07, 6.45) is 0. The molecule has 0 heterocycles. The van der Waals surface area contributed by atoms with Gasteiger partial charge in [0.25, 0.3) is 0 Å². The maximum absolute atomic E-state index is 12.2. The summed E-state index contributed by atoms with van der Waals surface area (Å²) in [5, 5.41) is 2.39. The minimum absolute atomic E-state index is 0.106. The molecule has 0 spiro atoms. The summed E-state index contributed by atoms with van der Waals surface area (Å²) in [4.78, 5) is 11.5. The van der Waals surface area contributed by atoms with Crippen molar-refractivity contribution in [3.05, 3.63) is 23.8 Å². The molecule has 7 heteroatoms. The van der Waals surface area contributed by atoms with Crippen molar-refractivity contribution in [1.29, 1.82) is 0 Å². The number of hydrogen-bond acceptors (Lipinski definition) is 4. The summed E-state index contributed by atoms with van der Waals surface area (Å²) >= 11 is 0. The number of sulfonamides is 1. The molecule has 0 aliphatic rings. The van der Waals surface area contributed by atoms with Crippen molar-refractivity contribution >= 4 is 15.9 Å². The second-order valence-corrected chi connectivity index (χ2v) is 6.03. The van der Waals surface area contributed by atoms with E-state index in [4.69, 9.17) is 4.74 Å². The molecule has 6 nitrogen and oxygen atoms in total. The summed E-state index contributed by atoms with van der Waals surface area (Å²) in [6.45, 7) is 5.62. The lowest BCUT2D eigenvalue weighted by Gasteiger charge is -2.14. The Hall–Kier alpha value is -1.60. The van der Waals surface area contributed by atoms with Crippen molar-refractivity contribution in [3.8, 4) is 5.75 Å². The number of hydrogen-bond donors (Lipinski definition) is 2. The molecule has 0 aliphatic carbocycles. The quantitative estimate of drug-likeness (QED) is 0.814. The summed E-state index contributed by atoms with van der Waals surface area (Å²) in [6, 6.07) is 3.75. The van der Waals surface area contributed by atoms with Crippen molar-refractivity contribution in [2.45, 2.75) is 31.7 Å². The number of aryl methyl sites for hydroxylation is 1. The van der Waals surface area contributed by atoms with Crippen LogP contribution >= 0.6 is 0 Å². The molecule has 0 aliphatic heterocycles. The van der Waals surface area contributed by atoms with Gasteiger partial charge in [0.05, 0.1) is 17.5 Å². The second kappa shape index (κ2) is 6.71. The number of nitrogens with one attached hydrogen (secondary N) is 2. The lowest BCUT2D eigenvalue weighted by Crippen LogP contribution is -2.43. The Kier molecular flexibility index (Phi) is 5.52. The number of carbonyl (C=O) groups excluding carboxylic acids is 1. The fourth-order valence-corrected chi connectivity index (χ4v) is 2.96. The predicted octanol–water partition coefficient (Wildman–Crippen LogP) is 0.807. The number of carbonyl (C=O) groups is 1. The molecule has 0 saturated carbocycles. The molecule has 0 fully saturated rings. The number of amides is 1. The normalized spacial score (nSPS) is 12.8. The topological polar surface area (TPSA) is 84.5 Å². The van der Waals surface area contributed by atoms with E-state index in [0.29, 0.717) is 12.4 Å². The lowest BCUT2D eigenvalue weighted by molar-refractivity contribution is -0.121. The first kappa shape index (κ1) is 16.5. The van der Waals surface area contributed by atoms with Gasteiger partial charge in [-0.1, -0.05) is 0 Å². The molecule has 2 N–H and O–H groups in total. The van der Waals surface area contributed by atoms with E-state index in [1.165, 1.54) is 26.1 Å². The zero-order chi connectivity index (χ0) is 15.3. The molecule has 1 atom stereocenters. The van der Waals surface area contributed by atoms with Crippen LogP contribution in [0.15, 0.2) is 23.1 Å². The van der Waals surface area contributed by atoms with Gasteiger partial charge in [-0.3, -0.25) is 4.79 Å². The highest BCUT2D eigenvalue weighted by molar-refractivity contribution is 7.89. The van der Waals surface area contributed by atoms with Gasteiger partial charge in [0, 0.05) is 7.05 Å². The van der Waals surface area contributed by atoms with E-state index in [2.05, 4.69) is 10.0 Å². The van der Waals surface area contributed by atoms with Crippen LogP contribution in [0.3, 0.4) is 0 Å². The van der Waals surface area contributed by atoms with Crippen molar-refractivity contribution in [2.75, 3.05) is 13.7 Å². The summed E-state index contributed by atoms with van der Waals surface area (Å²) in [7, 11) is -2.28. The molecule has 20 heavy (non-hydrogen) atoms. The standard InChI is InChI=1S/C13H20N2O4S/c1-5-19-12-7-6-11(8-9(12)2)20(17,18)15-10(3)13(16)14-4/h6-8,10,15H,5H2,1-4H3,(H,14,16)/t10-/m1/s1. The maximum Gasteiger partial charge on any atom is 0.241 e. The molecule has 0 radical (unpaired) electrons. The van der Waals surface area contributed by atoms with E-state index in [9.17, 15) is 13.2 Å². The Balaban J connectivity index is 2.98. The van der Waals surface area contributed by atoms with Gasteiger partial charge in [0.2, 0.25) is 15.9 Å². The second-order valence-electron chi connectivity index (χ2n) is 4.32. The Labute approximate surface area is 119 Å². The molecule has 0 aromatic heterocycles. The number of ether oxygens (including phenoxy) is 1. The van der Waals surface area contributed by atoms with Crippen LogP contribution in [0.25, 0.3) is 0 Å². The summed E-state index contributed by atoms with van der Waals surface area (Å²) < 4.78 is 32.0. The van der Waals surface area contributed by atoms with Crippen molar-refractivity contribution in [2.24, 2.45) is 0 Å². The highest BCUT2D eigenvalue weighted by Crippen LogP contribution is 2.21. The number of likely N-dealkylation sites (N-methyl/N-ethyl adjacent to an activating group) is 1. The molecule has 112 valence electrons. The van der Waals surface area contributed by atoms with Gasteiger partial charge >= 0.3 is 0 Å². The minimum Gasteiger partial charge on any atom is -0.494 e. The third-order valence-electron chi connectivity index (χ3n) is 2.73. The summed E-state index contributed by atoms with van der Waals surface area (Å²) in [5.41, 5.74) is 0.724. The Morgan fingerprint density at radius 1 is 1.40 bits per heavy atom. The Bertz CT molecular complexity index is 584. The zero-order valence-corrected chi connectivity index (χ0v) is 12.9. The van der Waals surface area contributed by atoms with Gasteiger partial charge in [0.1, 0.15) is 5.75 Å². The SMILES string of the molecule is CCOc1ccc(S(=O)(=O)N[C@H](C)C(=O)NC)cc1C. The third-order valence-corrected chi connectivity index (χ3v) is 4.27. The molecular formula is C13H20N2O4S.